The maximum Gasteiger partial charge on any atom is 0.240 e. The zero-order valence-corrected chi connectivity index (χ0v) is 4.80. The van der Waals surface area contributed by atoms with Gasteiger partial charge in [0.1, 0.15) is 6.33 Å². The summed E-state index contributed by atoms with van der Waals surface area (Å²) in [5.74, 6) is 5.33. The number of hydrogen-bond donors (Lipinski definition) is 2. The largest absolute Gasteiger partial charge is 0.366 e. The molecular formula is C2H6ClN5. The number of nitrogens with zero attached hydrogens (tertiary/aromatic N) is 3. The Hall–Kier alpha value is -0.970. The van der Waals surface area contributed by atoms with Gasteiger partial charge in [0.15, 0.2) is 0 Å². The molecule has 0 atom stereocenters. The van der Waals surface area contributed by atoms with E-state index in [1.807, 2.05) is 0 Å². The molecule has 4 N–H and O–H groups in total. The van der Waals surface area contributed by atoms with E-state index in [0.717, 1.165) is 4.68 Å². The number of rotatable bonds is 0. The van der Waals surface area contributed by atoms with Gasteiger partial charge in [-0.25, -0.2) is 4.68 Å². The molecule has 0 aromatic carbocycles. The van der Waals surface area contributed by atoms with Crippen molar-refractivity contribution in [3.05, 3.63) is 6.33 Å². The molecule has 1 aromatic rings. The molecule has 8 heavy (non-hydrogen) atoms. The van der Waals surface area contributed by atoms with Crippen molar-refractivity contribution in [1.29, 1.82) is 0 Å². The summed E-state index contributed by atoms with van der Waals surface area (Å²) in [5, 5.41) is 6.77. The Balaban J connectivity index is 0.000000490. The van der Waals surface area contributed by atoms with E-state index in [9.17, 15) is 0 Å². The molecular weight excluding hydrogens is 130 g/mol. The molecule has 1 aromatic heterocycles. The van der Waals surface area contributed by atoms with Crippen molar-refractivity contribution in [2.24, 2.45) is 0 Å². The molecule has 0 radical (unpaired) electrons. The van der Waals surface area contributed by atoms with Gasteiger partial charge in [0.2, 0.25) is 5.95 Å². The molecule has 0 fully saturated rings. The zero-order chi connectivity index (χ0) is 5.28. The van der Waals surface area contributed by atoms with Crippen LogP contribution in [0.15, 0.2) is 6.33 Å². The van der Waals surface area contributed by atoms with E-state index in [2.05, 4.69) is 10.2 Å². The molecule has 0 aliphatic heterocycles. The normalized spacial score (nSPS) is 8.00. The van der Waals surface area contributed by atoms with Gasteiger partial charge in [-0.15, -0.1) is 22.6 Å². The van der Waals surface area contributed by atoms with E-state index in [1.165, 1.54) is 6.33 Å². The highest BCUT2D eigenvalue weighted by Crippen LogP contribution is 1.83. The van der Waals surface area contributed by atoms with Gasteiger partial charge in [0.05, 0.1) is 0 Å². The van der Waals surface area contributed by atoms with Crippen LogP contribution < -0.4 is 11.6 Å². The predicted octanol–water partition coefficient (Wildman–Crippen LogP) is -1.00. The number of nitrogen functional groups attached to an aromatic ring is 2. The Morgan fingerprint density at radius 1 is 1.62 bits per heavy atom. The summed E-state index contributed by atoms with van der Waals surface area (Å²) in [6, 6.07) is 0. The van der Waals surface area contributed by atoms with Crippen LogP contribution in [0.5, 0.6) is 0 Å². The molecule has 0 bridgehead atoms. The first-order valence-corrected chi connectivity index (χ1v) is 1.71. The van der Waals surface area contributed by atoms with E-state index < -0.39 is 0 Å². The number of hydrogen-bond acceptors (Lipinski definition) is 4. The van der Waals surface area contributed by atoms with Gasteiger partial charge in [-0.3, -0.25) is 0 Å². The fraction of sp³-hybridized carbons (Fsp3) is 0. The second-order valence-corrected chi connectivity index (χ2v) is 1.10. The van der Waals surface area contributed by atoms with Crippen LogP contribution in [0.25, 0.3) is 0 Å². The lowest BCUT2D eigenvalue weighted by Crippen LogP contribution is -2.09. The monoisotopic (exact) mass is 135 g/mol. The minimum Gasteiger partial charge on any atom is -0.366 e. The summed E-state index contributed by atoms with van der Waals surface area (Å²) in [6.45, 7) is 0. The quantitative estimate of drug-likeness (QED) is 0.447. The van der Waals surface area contributed by atoms with E-state index in [-0.39, 0.29) is 18.4 Å². The van der Waals surface area contributed by atoms with Crippen LogP contribution in [-0.4, -0.2) is 14.9 Å². The highest BCUT2D eigenvalue weighted by atomic mass is 35.5. The molecule has 0 aliphatic rings. The van der Waals surface area contributed by atoms with Gasteiger partial charge in [0.25, 0.3) is 0 Å². The maximum atomic E-state index is 5.11. The number of aromatic nitrogens is 3. The molecule has 6 heteroatoms. The van der Waals surface area contributed by atoms with Crippen LogP contribution in [0.4, 0.5) is 5.95 Å². The predicted molar refractivity (Wildman–Crippen MR) is 31.8 cm³/mol. The van der Waals surface area contributed by atoms with Crippen LogP contribution in [0.2, 0.25) is 0 Å². The van der Waals surface area contributed by atoms with Crippen LogP contribution in [0.3, 0.4) is 0 Å². The fourth-order valence-electron chi connectivity index (χ4n) is 0.251. The van der Waals surface area contributed by atoms with E-state index in [4.69, 9.17) is 11.6 Å². The lowest BCUT2D eigenvalue weighted by molar-refractivity contribution is 1.01. The van der Waals surface area contributed by atoms with Crippen molar-refractivity contribution in [1.82, 2.24) is 14.9 Å². The number of anilines is 1. The zero-order valence-electron chi connectivity index (χ0n) is 3.98. The van der Waals surface area contributed by atoms with Gasteiger partial charge >= 0.3 is 0 Å². The van der Waals surface area contributed by atoms with Gasteiger partial charge in [-0.1, -0.05) is 0 Å². The first-order chi connectivity index (χ1) is 3.30. The third-order valence-corrected chi connectivity index (χ3v) is 0.601. The lowest BCUT2D eigenvalue weighted by Gasteiger charge is -1.85. The van der Waals surface area contributed by atoms with Gasteiger partial charge < -0.3 is 11.6 Å². The van der Waals surface area contributed by atoms with Crippen LogP contribution in [0, 0.1) is 0 Å². The second-order valence-electron chi connectivity index (χ2n) is 1.10. The van der Waals surface area contributed by atoms with E-state index in [1.54, 1.807) is 0 Å². The summed E-state index contributed by atoms with van der Waals surface area (Å²) in [4.78, 5) is 0. The summed E-state index contributed by atoms with van der Waals surface area (Å²) < 4.78 is 1.14. The maximum absolute atomic E-state index is 5.11. The van der Waals surface area contributed by atoms with Crippen LogP contribution >= 0.6 is 12.4 Å². The number of halogens is 1. The molecule has 0 aliphatic carbocycles. The molecule has 5 nitrogen and oxygen atoms in total. The molecule has 0 saturated carbocycles. The summed E-state index contributed by atoms with van der Waals surface area (Å²) in [6.07, 6.45) is 1.33. The smallest absolute Gasteiger partial charge is 0.240 e. The average molecular weight is 136 g/mol. The summed E-state index contributed by atoms with van der Waals surface area (Å²) >= 11 is 0. The third kappa shape index (κ3) is 1.00. The Bertz CT molecular complexity index is 143. The number of nitrogens with two attached hydrogens (primary N) is 2. The lowest BCUT2D eigenvalue weighted by atomic mass is 11.1. The minimum atomic E-state index is 0. The van der Waals surface area contributed by atoms with Crippen molar-refractivity contribution in [3.63, 3.8) is 0 Å². The van der Waals surface area contributed by atoms with Gasteiger partial charge in [-0.2, -0.15) is 0 Å². The topological polar surface area (TPSA) is 82.8 Å². The Morgan fingerprint density at radius 2 is 2.25 bits per heavy atom. The van der Waals surface area contributed by atoms with E-state index >= 15 is 0 Å². The highest BCUT2D eigenvalue weighted by Gasteiger charge is 1.87. The standard InChI is InChI=1S/C2H5N5.ClH/c3-2-6-5-1-7(2)4;/h1H,4H2,(H2,3,6);1H. The third-order valence-electron chi connectivity index (χ3n) is 0.601. The second kappa shape index (κ2) is 2.37. The highest BCUT2D eigenvalue weighted by molar-refractivity contribution is 5.85. The molecule has 0 spiro atoms. The molecule has 46 valence electrons. The fourth-order valence-corrected chi connectivity index (χ4v) is 0.251. The van der Waals surface area contributed by atoms with E-state index in [0.29, 0.717) is 0 Å². The minimum absolute atomic E-state index is 0. The first kappa shape index (κ1) is 7.03. The SMILES string of the molecule is Cl.Nc1nncn1N. The Labute approximate surface area is 52.1 Å². The summed E-state index contributed by atoms with van der Waals surface area (Å²) in [7, 11) is 0. The molecule has 0 saturated heterocycles. The van der Waals surface area contributed by atoms with Crippen molar-refractivity contribution in [3.8, 4) is 0 Å². The van der Waals surface area contributed by atoms with Gasteiger partial charge in [-0.05, 0) is 0 Å². The van der Waals surface area contributed by atoms with Gasteiger partial charge in [0, 0.05) is 0 Å². The Morgan fingerprint density at radius 3 is 2.38 bits per heavy atom. The molecule has 1 heterocycles. The van der Waals surface area contributed by atoms with Crippen molar-refractivity contribution >= 4 is 18.4 Å². The van der Waals surface area contributed by atoms with Crippen molar-refractivity contribution in [2.75, 3.05) is 11.6 Å². The molecule has 1 rings (SSSR count). The summed E-state index contributed by atoms with van der Waals surface area (Å²) in [5.41, 5.74) is 5.10. The molecule has 0 amide bonds. The first-order valence-electron chi connectivity index (χ1n) is 1.71. The molecule has 0 unspecified atom stereocenters. The van der Waals surface area contributed by atoms with Crippen LogP contribution in [-0.2, 0) is 0 Å². The Kier molecular flexibility index (Phi) is 2.08. The average Bonchev–Trinajstić information content (AvgIpc) is 1.91. The van der Waals surface area contributed by atoms with Crippen molar-refractivity contribution < 1.29 is 0 Å². The van der Waals surface area contributed by atoms with Crippen LogP contribution in [0.1, 0.15) is 0 Å². The van der Waals surface area contributed by atoms with Crippen molar-refractivity contribution in [2.45, 2.75) is 0 Å².